The Morgan fingerprint density at radius 3 is 2.75 bits per heavy atom. The lowest BCUT2D eigenvalue weighted by atomic mass is 10.6. The molecule has 1 N–H and O–H groups in total. The van der Waals surface area contributed by atoms with E-state index in [0.29, 0.717) is 0 Å². The molecule has 0 bridgehead atoms. The number of hydrogen-bond acceptors (Lipinski definition) is 3. The van der Waals surface area contributed by atoms with Crippen LogP contribution >= 0.6 is 11.8 Å². The third kappa shape index (κ3) is 3.99. The first-order valence-corrected chi connectivity index (χ1v) is 3.61. The zero-order valence-electron chi connectivity index (χ0n) is 5.22. The summed E-state index contributed by atoms with van der Waals surface area (Å²) in [4.78, 5) is 0. The molecule has 0 fully saturated rings. The van der Waals surface area contributed by atoms with Gasteiger partial charge in [0.05, 0.1) is 0 Å². The number of nitrogens with zero attached hydrogens (tertiary/aromatic N) is 1. The van der Waals surface area contributed by atoms with Crippen LogP contribution in [0.15, 0.2) is 5.16 Å². The molecule has 0 rings (SSSR count). The fourth-order valence-corrected chi connectivity index (χ4v) is 0.836. The van der Waals surface area contributed by atoms with Gasteiger partial charge in [0, 0.05) is 0 Å². The summed E-state index contributed by atoms with van der Waals surface area (Å²) in [5.74, 6) is 1.04. The van der Waals surface area contributed by atoms with Crippen molar-refractivity contribution in [2.24, 2.45) is 5.16 Å². The second kappa shape index (κ2) is 4.97. The van der Waals surface area contributed by atoms with Crippen molar-refractivity contribution in [2.75, 3.05) is 5.75 Å². The number of oxime groups is 1. The summed E-state index contributed by atoms with van der Waals surface area (Å²) >= 11 is 1.58. The molecule has 0 radical (unpaired) electrons. The van der Waals surface area contributed by atoms with Gasteiger partial charge in [-0.1, -0.05) is 12.1 Å². The van der Waals surface area contributed by atoms with Gasteiger partial charge >= 0.3 is 0 Å². The van der Waals surface area contributed by atoms with Crippen LogP contribution in [0.4, 0.5) is 0 Å². The molecule has 0 amide bonds. The lowest BCUT2D eigenvalue weighted by Crippen LogP contribution is -1.84. The van der Waals surface area contributed by atoms with Crippen molar-refractivity contribution in [3.8, 4) is 0 Å². The molecule has 0 aromatic heterocycles. The zero-order chi connectivity index (χ0) is 6.41. The molecular formula is C5H11NOS. The predicted octanol–water partition coefficient (Wildman–Crippen LogP) is 1.94. The van der Waals surface area contributed by atoms with Crippen LogP contribution < -0.4 is 0 Å². The Morgan fingerprint density at radius 2 is 2.38 bits per heavy atom. The van der Waals surface area contributed by atoms with Gasteiger partial charge in [0.2, 0.25) is 0 Å². The monoisotopic (exact) mass is 133 g/mol. The third-order valence-corrected chi connectivity index (χ3v) is 1.77. The van der Waals surface area contributed by atoms with E-state index in [2.05, 4.69) is 12.1 Å². The molecule has 2 nitrogen and oxygen atoms in total. The summed E-state index contributed by atoms with van der Waals surface area (Å²) in [5, 5.41) is 11.9. The fourth-order valence-electron chi connectivity index (χ4n) is 0.279. The summed E-state index contributed by atoms with van der Waals surface area (Å²) in [7, 11) is 0. The van der Waals surface area contributed by atoms with E-state index in [-0.39, 0.29) is 0 Å². The summed E-state index contributed by atoms with van der Waals surface area (Å²) < 4.78 is 0. The highest BCUT2D eigenvalue weighted by Gasteiger charge is 1.87. The van der Waals surface area contributed by atoms with Crippen molar-refractivity contribution in [1.82, 2.24) is 0 Å². The van der Waals surface area contributed by atoms with Gasteiger partial charge in [-0.15, -0.1) is 11.8 Å². The van der Waals surface area contributed by atoms with E-state index >= 15 is 0 Å². The maximum atomic E-state index is 8.13. The van der Waals surface area contributed by atoms with E-state index in [1.807, 2.05) is 0 Å². The van der Waals surface area contributed by atoms with Gasteiger partial charge in [-0.3, -0.25) is 0 Å². The highest BCUT2D eigenvalue weighted by molar-refractivity contribution is 8.13. The topological polar surface area (TPSA) is 32.6 Å². The molecule has 0 unspecified atom stereocenters. The summed E-state index contributed by atoms with van der Waals surface area (Å²) in [6.45, 7) is 3.89. The molecule has 0 aromatic carbocycles. The van der Waals surface area contributed by atoms with Gasteiger partial charge in [-0.2, -0.15) is 0 Å². The van der Waals surface area contributed by atoms with Crippen LogP contribution in [0.3, 0.4) is 0 Å². The third-order valence-electron chi connectivity index (χ3n) is 0.656. The highest BCUT2D eigenvalue weighted by atomic mass is 32.2. The molecule has 0 aromatic rings. The van der Waals surface area contributed by atoms with Gasteiger partial charge < -0.3 is 5.21 Å². The Kier molecular flexibility index (Phi) is 4.85. The van der Waals surface area contributed by atoms with Gasteiger partial charge in [0.25, 0.3) is 0 Å². The Hall–Kier alpha value is -0.180. The maximum absolute atomic E-state index is 8.13. The van der Waals surface area contributed by atoms with E-state index in [4.69, 9.17) is 5.21 Å². The number of hydrogen-bond donors (Lipinski definition) is 1. The van der Waals surface area contributed by atoms with Crippen LogP contribution in [0, 0.1) is 0 Å². The molecule has 8 heavy (non-hydrogen) atoms. The molecule has 3 heteroatoms. The van der Waals surface area contributed by atoms with Crippen molar-refractivity contribution >= 4 is 16.8 Å². The summed E-state index contributed by atoms with van der Waals surface area (Å²) in [6.07, 6.45) is 1.12. The summed E-state index contributed by atoms with van der Waals surface area (Å²) in [6, 6.07) is 0. The van der Waals surface area contributed by atoms with Gasteiger partial charge in [-0.05, 0) is 19.1 Å². The fraction of sp³-hybridized carbons (Fsp3) is 0.800. The zero-order valence-corrected chi connectivity index (χ0v) is 6.03. The van der Waals surface area contributed by atoms with Crippen LogP contribution in [0.5, 0.6) is 0 Å². The largest absolute Gasteiger partial charge is 0.410 e. The minimum Gasteiger partial charge on any atom is -0.410 e. The molecule has 0 atom stereocenters. The maximum Gasteiger partial charge on any atom is 0.109 e. The van der Waals surface area contributed by atoms with Crippen LogP contribution in [0.1, 0.15) is 20.3 Å². The van der Waals surface area contributed by atoms with Crippen molar-refractivity contribution in [3.63, 3.8) is 0 Å². The van der Waals surface area contributed by atoms with Gasteiger partial charge in [0.15, 0.2) is 0 Å². The molecule has 0 aliphatic carbocycles. The Labute approximate surface area is 54.0 Å². The number of rotatable bonds is 2. The SMILES string of the molecule is CCCS/C(C)=N\O. The van der Waals surface area contributed by atoms with E-state index in [0.717, 1.165) is 17.2 Å². The van der Waals surface area contributed by atoms with Crippen molar-refractivity contribution in [3.05, 3.63) is 0 Å². The van der Waals surface area contributed by atoms with E-state index in [1.54, 1.807) is 18.7 Å². The minimum absolute atomic E-state index is 0.742. The molecule has 48 valence electrons. The number of thioether (sulfide) groups is 1. The molecule has 0 spiro atoms. The highest BCUT2D eigenvalue weighted by Crippen LogP contribution is 2.03. The first-order valence-electron chi connectivity index (χ1n) is 2.62. The lowest BCUT2D eigenvalue weighted by molar-refractivity contribution is 0.320. The van der Waals surface area contributed by atoms with E-state index in [1.165, 1.54) is 0 Å². The Morgan fingerprint density at radius 1 is 1.75 bits per heavy atom. The first-order chi connectivity index (χ1) is 3.81. The molecular weight excluding hydrogens is 122 g/mol. The normalized spacial score (nSPS) is 12.0. The smallest absolute Gasteiger partial charge is 0.109 e. The van der Waals surface area contributed by atoms with Crippen molar-refractivity contribution in [2.45, 2.75) is 20.3 Å². The standard InChI is InChI=1S/C5H11NOS/c1-3-4-8-5(2)6-7/h7H,3-4H2,1-2H3/b6-5-. The van der Waals surface area contributed by atoms with Gasteiger partial charge in [-0.25, -0.2) is 0 Å². The summed E-state index contributed by atoms with van der Waals surface area (Å²) in [5.41, 5.74) is 0. The Balaban J connectivity index is 3.12. The average molecular weight is 133 g/mol. The average Bonchev–Trinajstić information content (AvgIpc) is 1.83. The second-order valence-electron chi connectivity index (χ2n) is 1.47. The van der Waals surface area contributed by atoms with Crippen LogP contribution in [0.25, 0.3) is 0 Å². The van der Waals surface area contributed by atoms with E-state index in [9.17, 15) is 0 Å². The lowest BCUT2D eigenvalue weighted by Gasteiger charge is -1.91. The van der Waals surface area contributed by atoms with Crippen molar-refractivity contribution in [1.29, 1.82) is 0 Å². The van der Waals surface area contributed by atoms with Crippen LogP contribution in [-0.4, -0.2) is 16.0 Å². The van der Waals surface area contributed by atoms with E-state index < -0.39 is 0 Å². The van der Waals surface area contributed by atoms with Crippen LogP contribution in [-0.2, 0) is 0 Å². The molecule has 0 saturated heterocycles. The minimum atomic E-state index is 0.742. The molecule has 0 aliphatic rings. The van der Waals surface area contributed by atoms with Crippen molar-refractivity contribution < 1.29 is 5.21 Å². The Bertz CT molecular complexity index is 82.5. The second-order valence-corrected chi connectivity index (χ2v) is 2.76. The quantitative estimate of drug-likeness (QED) is 0.270. The molecule has 0 aliphatic heterocycles. The molecule has 0 saturated carbocycles. The molecule has 0 heterocycles. The van der Waals surface area contributed by atoms with Crippen LogP contribution in [0.2, 0.25) is 0 Å². The first kappa shape index (κ1) is 7.82. The van der Waals surface area contributed by atoms with Gasteiger partial charge in [0.1, 0.15) is 5.04 Å². The predicted molar refractivity (Wildman–Crippen MR) is 37.6 cm³/mol.